The van der Waals surface area contributed by atoms with Crippen molar-refractivity contribution in [2.24, 2.45) is 0 Å². The van der Waals surface area contributed by atoms with Crippen LogP contribution in [0.15, 0.2) is 79.0 Å². The molecule has 0 spiro atoms. The summed E-state index contributed by atoms with van der Waals surface area (Å²) in [6.45, 7) is 5.54. The van der Waals surface area contributed by atoms with Crippen molar-refractivity contribution in [2.45, 2.75) is 39.7 Å². The SMILES string of the molecule is CCOc1ccc(-c2c3c4n(c(-c5ccc(OC)cc5)cn4c2C(=O)Nc2ccc(C)cc2)CCCC3)cc1. The predicted molar refractivity (Wildman–Crippen MR) is 156 cm³/mol. The molecule has 0 bridgehead atoms. The van der Waals surface area contributed by atoms with Crippen molar-refractivity contribution < 1.29 is 14.3 Å². The van der Waals surface area contributed by atoms with Gasteiger partial charge < -0.3 is 19.4 Å². The number of benzene rings is 3. The van der Waals surface area contributed by atoms with Gasteiger partial charge >= 0.3 is 0 Å². The first-order valence-electron chi connectivity index (χ1n) is 13.6. The summed E-state index contributed by atoms with van der Waals surface area (Å²) in [6.07, 6.45) is 5.17. The maximum atomic E-state index is 14.1. The van der Waals surface area contributed by atoms with Gasteiger partial charge in [0.15, 0.2) is 0 Å². The number of nitrogens with one attached hydrogen (secondary N) is 1. The molecule has 1 aliphatic heterocycles. The molecule has 3 aromatic carbocycles. The molecule has 6 nitrogen and oxygen atoms in total. The monoisotopic (exact) mass is 519 g/mol. The Balaban J connectivity index is 1.56. The Labute approximate surface area is 228 Å². The number of carbonyl (C=O) groups excluding carboxylic acids is 1. The molecular formula is C33H33N3O3. The number of anilines is 1. The zero-order valence-electron chi connectivity index (χ0n) is 22.7. The lowest BCUT2D eigenvalue weighted by molar-refractivity contribution is 0.102. The van der Waals surface area contributed by atoms with Gasteiger partial charge in [0.1, 0.15) is 22.8 Å². The lowest BCUT2D eigenvalue weighted by Gasteiger charge is -2.11. The van der Waals surface area contributed by atoms with Crippen LogP contribution in [0.3, 0.4) is 0 Å². The van der Waals surface area contributed by atoms with Gasteiger partial charge in [-0.25, -0.2) is 0 Å². The fourth-order valence-electron chi connectivity index (χ4n) is 5.62. The van der Waals surface area contributed by atoms with Gasteiger partial charge in [0.2, 0.25) is 0 Å². The zero-order chi connectivity index (χ0) is 26.9. The minimum atomic E-state index is -0.122. The Bertz CT molecular complexity index is 1630. The molecule has 1 aliphatic rings. The molecule has 39 heavy (non-hydrogen) atoms. The van der Waals surface area contributed by atoms with E-state index in [2.05, 4.69) is 44.7 Å². The summed E-state index contributed by atoms with van der Waals surface area (Å²) in [6, 6.07) is 24.2. The summed E-state index contributed by atoms with van der Waals surface area (Å²) < 4.78 is 15.6. The van der Waals surface area contributed by atoms with E-state index in [1.807, 2.05) is 62.4 Å². The molecule has 0 fully saturated rings. The van der Waals surface area contributed by atoms with Crippen molar-refractivity contribution >= 4 is 17.2 Å². The van der Waals surface area contributed by atoms with Crippen LogP contribution in [0.2, 0.25) is 0 Å². The van der Waals surface area contributed by atoms with Crippen LogP contribution in [0.4, 0.5) is 5.69 Å². The number of imidazole rings is 1. The second-order valence-electron chi connectivity index (χ2n) is 10.0. The van der Waals surface area contributed by atoms with Crippen LogP contribution in [-0.4, -0.2) is 28.6 Å². The Morgan fingerprint density at radius 2 is 1.59 bits per heavy atom. The van der Waals surface area contributed by atoms with Crippen LogP contribution in [0.25, 0.3) is 28.0 Å². The van der Waals surface area contributed by atoms with Gasteiger partial charge in [0.25, 0.3) is 5.91 Å². The van der Waals surface area contributed by atoms with Crippen LogP contribution in [0, 0.1) is 6.92 Å². The summed E-state index contributed by atoms with van der Waals surface area (Å²) in [7, 11) is 1.68. The largest absolute Gasteiger partial charge is 0.497 e. The van der Waals surface area contributed by atoms with E-state index in [1.165, 1.54) is 5.56 Å². The smallest absolute Gasteiger partial charge is 0.273 e. The second kappa shape index (κ2) is 10.4. The average Bonchev–Trinajstić information content (AvgIpc) is 3.38. The number of carbonyl (C=O) groups is 1. The lowest BCUT2D eigenvalue weighted by atomic mass is 9.97. The first-order chi connectivity index (χ1) is 19.1. The number of nitrogens with zero attached hydrogens (tertiary/aromatic N) is 2. The molecule has 0 atom stereocenters. The summed E-state index contributed by atoms with van der Waals surface area (Å²) in [5, 5.41) is 3.17. The molecule has 0 aliphatic carbocycles. The van der Waals surface area contributed by atoms with E-state index < -0.39 is 0 Å². The molecule has 3 heterocycles. The van der Waals surface area contributed by atoms with E-state index in [9.17, 15) is 4.79 Å². The molecule has 0 unspecified atom stereocenters. The topological polar surface area (TPSA) is 56.9 Å². The van der Waals surface area contributed by atoms with Crippen LogP contribution in [-0.2, 0) is 13.0 Å². The maximum Gasteiger partial charge on any atom is 0.273 e. The molecule has 2 aromatic heterocycles. The summed E-state index contributed by atoms with van der Waals surface area (Å²) in [4.78, 5) is 14.1. The van der Waals surface area contributed by atoms with Crippen molar-refractivity contribution in [1.82, 2.24) is 8.97 Å². The van der Waals surface area contributed by atoms with E-state index in [0.717, 1.165) is 76.6 Å². The summed E-state index contributed by atoms with van der Waals surface area (Å²) >= 11 is 0. The van der Waals surface area contributed by atoms with Crippen LogP contribution in [0.1, 0.15) is 41.4 Å². The molecule has 198 valence electrons. The van der Waals surface area contributed by atoms with Crippen LogP contribution < -0.4 is 14.8 Å². The fraction of sp³-hybridized carbons (Fsp3) is 0.242. The number of amides is 1. The van der Waals surface area contributed by atoms with E-state index in [4.69, 9.17) is 9.47 Å². The van der Waals surface area contributed by atoms with Crippen molar-refractivity contribution in [3.8, 4) is 33.9 Å². The normalized spacial score (nSPS) is 12.8. The maximum absolute atomic E-state index is 14.1. The number of hydrogen-bond acceptors (Lipinski definition) is 3. The quantitative estimate of drug-likeness (QED) is 0.244. The van der Waals surface area contributed by atoms with Crippen molar-refractivity contribution in [3.05, 3.63) is 95.8 Å². The van der Waals surface area contributed by atoms with E-state index in [-0.39, 0.29) is 5.91 Å². The molecular weight excluding hydrogens is 486 g/mol. The third-order valence-corrected chi connectivity index (χ3v) is 7.50. The van der Waals surface area contributed by atoms with E-state index >= 15 is 0 Å². The Hall–Kier alpha value is -4.45. The van der Waals surface area contributed by atoms with Gasteiger partial charge in [-0.15, -0.1) is 0 Å². The number of aromatic nitrogens is 2. The second-order valence-corrected chi connectivity index (χ2v) is 10.0. The van der Waals surface area contributed by atoms with Gasteiger partial charge in [0, 0.05) is 29.6 Å². The minimum absolute atomic E-state index is 0.122. The van der Waals surface area contributed by atoms with Gasteiger partial charge in [0.05, 0.1) is 19.4 Å². The minimum Gasteiger partial charge on any atom is -0.497 e. The molecule has 1 amide bonds. The average molecular weight is 520 g/mol. The number of aryl methyl sites for hydroxylation is 3. The highest BCUT2D eigenvalue weighted by atomic mass is 16.5. The Kier molecular flexibility index (Phi) is 6.61. The van der Waals surface area contributed by atoms with Crippen molar-refractivity contribution in [2.75, 3.05) is 19.0 Å². The molecule has 6 rings (SSSR count). The zero-order valence-corrected chi connectivity index (χ0v) is 22.7. The predicted octanol–water partition coefficient (Wildman–Crippen LogP) is 7.38. The molecule has 0 saturated carbocycles. The highest BCUT2D eigenvalue weighted by Gasteiger charge is 2.29. The third-order valence-electron chi connectivity index (χ3n) is 7.50. The fourth-order valence-corrected chi connectivity index (χ4v) is 5.62. The highest BCUT2D eigenvalue weighted by molar-refractivity contribution is 6.10. The van der Waals surface area contributed by atoms with Gasteiger partial charge in [-0.2, -0.15) is 0 Å². The number of hydrogen-bond donors (Lipinski definition) is 1. The van der Waals surface area contributed by atoms with Gasteiger partial charge in [-0.3, -0.25) is 9.20 Å². The molecule has 5 aromatic rings. The van der Waals surface area contributed by atoms with Crippen LogP contribution >= 0.6 is 0 Å². The molecule has 0 saturated heterocycles. The first-order valence-corrected chi connectivity index (χ1v) is 13.6. The number of ether oxygens (including phenoxy) is 2. The highest BCUT2D eigenvalue weighted by Crippen LogP contribution is 2.40. The van der Waals surface area contributed by atoms with Crippen LogP contribution in [0.5, 0.6) is 11.5 Å². The number of methoxy groups -OCH3 is 1. The van der Waals surface area contributed by atoms with E-state index in [1.54, 1.807) is 7.11 Å². The Morgan fingerprint density at radius 3 is 2.28 bits per heavy atom. The van der Waals surface area contributed by atoms with Gasteiger partial charge in [-0.05, 0) is 92.8 Å². The Morgan fingerprint density at radius 1 is 0.897 bits per heavy atom. The van der Waals surface area contributed by atoms with E-state index in [0.29, 0.717) is 12.3 Å². The first kappa shape index (κ1) is 24.9. The molecule has 0 radical (unpaired) electrons. The molecule has 6 heteroatoms. The number of rotatable bonds is 7. The van der Waals surface area contributed by atoms with Gasteiger partial charge in [-0.1, -0.05) is 29.8 Å². The summed E-state index contributed by atoms with van der Waals surface area (Å²) in [5.74, 6) is 1.53. The summed E-state index contributed by atoms with van der Waals surface area (Å²) in [5.41, 5.74) is 9.10. The third kappa shape index (κ3) is 4.56. The standard InChI is InChI=1S/C33H33N3O3/c1-4-39-27-18-12-24(13-19-27)30-28-7-5-6-20-35-29(23-10-16-26(38-3)17-11-23)21-36(33(28)35)31(30)32(37)34-25-14-8-22(2)9-15-25/h8-19,21H,4-7,20H2,1-3H3,(H,34,37). The van der Waals surface area contributed by atoms with Crippen molar-refractivity contribution in [1.29, 1.82) is 0 Å². The lowest BCUT2D eigenvalue weighted by Crippen LogP contribution is -2.15. The van der Waals surface area contributed by atoms with Crippen molar-refractivity contribution in [3.63, 3.8) is 0 Å². The molecule has 1 N–H and O–H groups in total.